The molecule has 1 atom stereocenters. The molecule has 1 rings (SSSR count). The fraction of sp³-hybridized carbons (Fsp3) is 0.455. The molecule has 1 aromatic carbocycles. The Morgan fingerprint density at radius 2 is 2.00 bits per heavy atom. The van der Waals surface area contributed by atoms with Crippen molar-refractivity contribution in [3.63, 3.8) is 0 Å². The molecule has 0 radical (unpaired) electrons. The van der Waals surface area contributed by atoms with Gasteiger partial charge in [-0.05, 0) is 13.0 Å². The van der Waals surface area contributed by atoms with Crippen molar-refractivity contribution in [1.82, 2.24) is 0 Å². The second kappa shape index (κ2) is 5.27. The summed E-state index contributed by atoms with van der Waals surface area (Å²) >= 11 is 0. The van der Waals surface area contributed by atoms with E-state index in [9.17, 15) is 13.2 Å². The summed E-state index contributed by atoms with van der Waals surface area (Å²) in [6.45, 7) is 0.322. The summed E-state index contributed by atoms with van der Waals surface area (Å²) < 4.78 is 45.8. The number of benzene rings is 1. The second-order valence-electron chi connectivity index (χ2n) is 3.60. The molecule has 1 aromatic rings. The summed E-state index contributed by atoms with van der Waals surface area (Å²) in [4.78, 5) is 0. The van der Waals surface area contributed by atoms with Crippen molar-refractivity contribution in [2.24, 2.45) is 5.73 Å². The first-order chi connectivity index (χ1) is 7.83. The molecular formula is C11H14F3NO2. The lowest BCUT2D eigenvalue weighted by Gasteiger charge is -2.16. The van der Waals surface area contributed by atoms with Crippen LogP contribution in [0.4, 0.5) is 13.2 Å². The van der Waals surface area contributed by atoms with Crippen LogP contribution in [0.5, 0.6) is 11.5 Å². The average Bonchev–Trinajstić information content (AvgIpc) is 2.24. The molecule has 0 aliphatic carbocycles. The van der Waals surface area contributed by atoms with Gasteiger partial charge in [0, 0.05) is 17.7 Å². The van der Waals surface area contributed by atoms with Gasteiger partial charge in [-0.3, -0.25) is 0 Å². The first-order valence-corrected chi connectivity index (χ1v) is 4.96. The predicted molar refractivity (Wildman–Crippen MR) is 57.1 cm³/mol. The molecule has 0 spiro atoms. The van der Waals surface area contributed by atoms with Crippen molar-refractivity contribution < 1.29 is 22.6 Å². The summed E-state index contributed by atoms with van der Waals surface area (Å²) in [5, 5.41) is 0. The maximum Gasteiger partial charge on any atom is 0.422 e. The molecule has 0 aliphatic heterocycles. The van der Waals surface area contributed by atoms with Crippen molar-refractivity contribution in [1.29, 1.82) is 0 Å². The van der Waals surface area contributed by atoms with E-state index in [1.165, 1.54) is 13.2 Å². The third-order valence-corrected chi connectivity index (χ3v) is 2.10. The lowest BCUT2D eigenvalue weighted by molar-refractivity contribution is -0.153. The van der Waals surface area contributed by atoms with E-state index in [4.69, 9.17) is 15.2 Å². The van der Waals surface area contributed by atoms with Crippen molar-refractivity contribution in [3.05, 3.63) is 23.8 Å². The molecule has 96 valence electrons. The number of ether oxygens (including phenoxy) is 2. The lowest BCUT2D eigenvalue weighted by atomic mass is 10.1. The zero-order valence-corrected chi connectivity index (χ0v) is 9.54. The maximum atomic E-state index is 12.1. The quantitative estimate of drug-likeness (QED) is 0.892. The normalized spacial score (nSPS) is 13.3. The van der Waals surface area contributed by atoms with Crippen molar-refractivity contribution >= 4 is 0 Å². The summed E-state index contributed by atoms with van der Waals surface area (Å²) in [5.74, 6) is 0.517. The summed E-state index contributed by atoms with van der Waals surface area (Å²) in [6, 6.07) is 4.20. The molecule has 0 aromatic heterocycles. The van der Waals surface area contributed by atoms with Crippen molar-refractivity contribution in [3.8, 4) is 11.5 Å². The zero-order valence-electron chi connectivity index (χ0n) is 9.54. The Labute approximate surface area is 97.3 Å². The van der Waals surface area contributed by atoms with Crippen molar-refractivity contribution in [2.75, 3.05) is 13.7 Å². The van der Waals surface area contributed by atoms with Crippen LogP contribution in [0, 0.1) is 0 Å². The zero-order chi connectivity index (χ0) is 13.1. The monoisotopic (exact) mass is 249 g/mol. The molecule has 0 saturated carbocycles. The number of rotatable bonds is 4. The van der Waals surface area contributed by atoms with Crippen molar-refractivity contribution in [2.45, 2.75) is 19.1 Å². The Bertz CT molecular complexity index is 377. The molecule has 6 heteroatoms. The Hall–Kier alpha value is -1.43. The van der Waals surface area contributed by atoms with E-state index in [0.29, 0.717) is 11.3 Å². The van der Waals surface area contributed by atoms with E-state index in [0.717, 1.165) is 0 Å². The highest BCUT2D eigenvalue weighted by Crippen LogP contribution is 2.29. The van der Waals surface area contributed by atoms with Gasteiger partial charge in [0.1, 0.15) is 11.5 Å². The molecule has 3 nitrogen and oxygen atoms in total. The lowest BCUT2D eigenvalue weighted by Crippen LogP contribution is -2.20. The Balaban J connectivity index is 2.93. The smallest absolute Gasteiger partial charge is 0.422 e. The van der Waals surface area contributed by atoms with Crippen LogP contribution in [0.15, 0.2) is 18.2 Å². The highest BCUT2D eigenvalue weighted by molar-refractivity contribution is 5.42. The van der Waals surface area contributed by atoms with Crippen LogP contribution in [0.1, 0.15) is 18.5 Å². The summed E-state index contributed by atoms with van der Waals surface area (Å²) in [5.41, 5.74) is 6.15. The Kier molecular flexibility index (Phi) is 4.22. The standard InChI is InChI=1S/C11H14F3NO2/c1-7(15)9-4-3-8(16-2)5-10(9)17-6-11(12,13)14/h3-5,7H,6,15H2,1-2H3. The molecule has 0 amide bonds. The largest absolute Gasteiger partial charge is 0.497 e. The van der Waals surface area contributed by atoms with Gasteiger partial charge < -0.3 is 15.2 Å². The van der Waals surface area contributed by atoms with Gasteiger partial charge in [0.2, 0.25) is 0 Å². The number of nitrogens with two attached hydrogens (primary N) is 1. The summed E-state index contributed by atoms with van der Waals surface area (Å²) in [6.07, 6.45) is -4.38. The van der Waals surface area contributed by atoms with E-state index in [1.807, 2.05) is 0 Å². The number of hydrogen-bond acceptors (Lipinski definition) is 3. The molecule has 2 N–H and O–H groups in total. The molecule has 1 unspecified atom stereocenters. The van der Waals surface area contributed by atoms with Crippen LogP contribution >= 0.6 is 0 Å². The van der Waals surface area contributed by atoms with E-state index in [1.54, 1.807) is 19.1 Å². The molecular weight excluding hydrogens is 235 g/mol. The minimum absolute atomic E-state index is 0.0941. The van der Waals surface area contributed by atoms with Crippen LogP contribution in [0.25, 0.3) is 0 Å². The first kappa shape index (κ1) is 13.6. The molecule has 0 aliphatic rings. The number of halogens is 3. The third-order valence-electron chi connectivity index (χ3n) is 2.10. The van der Waals surface area contributed by atoms with Gasteiger partial charge in [-0.25, -0.2) is 0 Å². The number of hydrogen-bond donors (Lipinski definition) is 1. The van der Waals surface area contributed by atoms with E-state index < -0.39 is 18.8 Å². The van der Waals surface area contributed by atoms with Crippen LogP contribution < -0.4 is 15.2 Å². The molecule has 0 heterocycles. The van der Waals surface area contributed by atoms with Crippen LogP contribution in [0.2, 0.25) is 0 Å². The Morgan fingerprint density at radius 3 is 2.47 bits per heavy atom. The van der Waals surface area contributed by atoms with Gasteiger partial charge in [-0.2, -0.15) is 13.2 Å². The number of alkyl halides is 3. The topological polar surface area (TPSA) is 44.5 Å². The van der Waals surface area contributed by atoms with Gasteiger partial charge in [0.05, 0.1) is 7.11 Å². The third kappa shape index (κ3) is 4.14. The van der Waals surface area contributed by atoms with Gasteiger partial charge in [-0.15, -0.1) is 0 Å². The average molecular weight is 249 g/mol. The minimum atomic E-state index is -4.38. The first-order valence-electron chi connectivity index (χ1n) is 4.96. The fourth-order valence-electron chi connectivity index (χ4n) is 1.30. The Morgan fingerprint density at radius 1 is 1.35 bits per heavy atom. The molecule has 0 fully saturated rings. The van der Waals surface area contributed by atoms with E-state index in [2.05, 4.69) is 0 Å². The predicted octanol–water partition coefficient (Wildman–Crippen LogP) is 2.66. The number of methoxy groups -OCH3 is 1. The van der Waals surface area contributed by atoms with Crippen LogP contribution in [-0.4, -0.2) is 19.9 Å². The molecule has 17 heavy (non-hydrogen) atoms. The highest BCUT2D eigenvalue weighted by atomic mass is 19.4. The fourth-order valence-corrected chi connectivity index (χ4v) is 1.30. The van der Waals surface area contributed by atoms with Gasteiger partial charge in [0.25, 0.3) is 0 Å². The minimum Gasteiger partial charge on any atom is -0.497 e. The molecule has 0 bridgehead atoms. The van der Waals surface area contributed by atoms with Gasteiger partial charge in [0.15, 0.2) is 6.61 Å². The van der Waals surface area contributed by atoms with E-state index in [-0.39, 0.29) is 5.75 Å². The van der Waals surface area contributed by atoms with Gasteiger partial charge in [-0.1, -0.05) is 6.07 Å². The van der Waals surface area contributed by atoms with Crippen LogP contribution in [0.3, 0.4) is 0 Å². The second-order valence-corrected chi connectivity index (χ2v) is 3.60. The van der Waals surface area contributed by atoms with Gasteiger partial charge >= 0.3 is 6.18 Å². The molecule has 0 saturated heterocycles. The highest BCUT2D eigenvalue weighted by Gasteiger charge is 2.29. The van der Waals surface area contributed by atoms with E-state index >= 15 is 0 Å². The SMILES string of the molecule is COc1ccc(C(C)N)c(OCC(F)(F)F)c1. The maximum absolute atomic E-state index is 12.1. The van der Waals surface area contributed by atoms with Crippen LogP contribution in [-0.2, 0) is 0 Å². The summed E-state index contributed by atoms with van der Waals surface area (Å²) in [7, 11) is 1.43.